The molecule has 1 amide bonds. The SMILES string of the molecule is O=C(c1ncccc1OCC(F)(F)F)N1CC2(CCN2Cc2ccccc2)C1. The van der Waals surface area contributed by atoms with Gasteiger partial charge in [-0.1, -0.05) is 30.3 Å². The zero-order valence-corrected chi connectivity index (χ0v) is 15.2. The number of likely N-dealkylation sites (tertiary alicyclic amines) is 2. The zero-order valence-electron chi connectivity index (χ0n) is 15.2. The van der Waals surface area contributed by atoms with E-state index in [0.29, 0.717) is 13.1 Å². The molecule has 0 saturated carbocycles. The highest BCUT2D eigenvalue weighted by atomic mass is 19.4. The van der Waals surface area contributed by atoms with E-state index in [-0.39, 0.29) is 17.0 Å². The Morgan fingerprint density at radius 1 is 1.14 bits per heavy atom. The van der Waals surface area contributed by atoms with E-state index in [2.05, 4.69) is 22.0 Å². The van der Waals surface area contributed by atoms with Crippen LogP contribution in [0, 0.1) is 0 Å². The average Bonchev–Trinajstić information content (AvgIpc) is 2.63. The molecule has 0 atom stereocenters. The molecule has 2 fully saturated rings. The van der Waals surface area contributed by atoms with Crippen LogP contribution in [0.1, 0.15) is 22.5 Å². The van der Waals surface area contributed by atoms with Crippen LogP contribution in [0.2, 0.25) is 0 Å². The molecular weight excluding hydrogens is 371 g/mol. The molecule has 3 heterocycles. The van der Waals surface area contributed by atoms with Crippen molar-refractivity contribution in [2.45, 2.75) is 24.7 Å². The summed E-state index contributed by atoms with van der Waals surface area (Å²) in [5.41, 5.74) is 1.11. The lowest BCUT2D eigenvalue weighted by Crippen LogP contribution is -2.77. The van der Waals surface area contributed by atoms with Crippen molar-refractivity contribution in [2.24, 2.45) is 0 Å². The van der Waals surface area contributed by atoms with Gasteiger partial charge in [0.25, 0.3) is 5.91 Å². The Bertz CT molecular complexity index is 851. The van der Waals surface area contributed by atoms with Crippen molar-refractivity contribution in [3.8, 4) is 5.75 Å². The predicted molar refractivity (Wildman–Crippen MR) is 95.9 cm³/mol. The molecule has 0 radical (unpaired) electrons. The Morgan fingerprint density at radius 2 is 1.89 bits per heavy atom. The number of benzene rings is 1. The van der Waals surface area contributed by atoms with E-state index in [0.717, 1.165) is 19.5 Å². The molecule has 28 heavy (non-hydrogen) atoms. The molecule has 1 spiro atoms. The van der Waals surface area contributed by atoms with Crippen LogP contribution in [0.15, 0.2) is 48.7 Å². The molecular formula is C20H20F3N3O2. The number of rotatable bonds is 5. The first-order valence-corrected chi connectivity index (χ1v) is 9.09. The van der Waals surface area contributed by atoms with Crippen molar-refractivity contribution in [2.75, 3.05) is 26.2 Å². The van der Waals surface area contributed by atoms with E-state index in [4.69, 9.17) is 4.74 Å². The van der Waals surface area contributed by atoms with Gasteiger partial charge in [-0.2, -0.15) is 13.2 Å². The summed E-state index contributed by atoms with van der Waals surface area (Å²) in [7, 11) is 0. The van der Waals surface area contributed by atoms with E-state index in [1.807, 2.05) is 18.2 Å². The van der Waals surface area contributed by atoms with Crippen LogP contribution in [0.5, 0.6) is 5.75 Å². The first kappa shape index (κ1) is 18.7. The molecule has 2 saturated heterocycles. The highest BCUT2D eigenvalue weighted by Gasteiger charge is 2.54. The molecule has 2 aliphatic rings. The summed E-state index contributed by atoms with van der Waals surface area (Å²) in [6.45, 7) is 1.45. The predicted octanol–water partition coefficient (Wildman–Crippen LogP) is 3.12. The molecule has 1 aromatic carbocycles. The Labute approximate surface area is 160 Å². The standard InChI is InChI=1S/C20H20F3N3O2/c21-20(22,23)14-28-16-7-4-9-24-17(16)18(27)25-12-19(13-25)8-10-26(19)11-15-5-2-1-3-6-15/h1-7,9H,8,10-14H2. The number of nitrogens with zero attached hydrogens (tertiary/aromatic N) is 3. The van der Waals surface area contributed by atoms with Gasteiger partial charge in [-0.15, -0.1) is 0 Å². The highest BCUT2D eigenvalue weighted by molar-refractivity contribution is 5.95. The summed E-state index contributed by atoms with van der Waals surface area (Å²) in [5.74, 6) is -0.532. The Morgan fingerprint density at radius 3 is 2.54 bits per heavy atom. The number of ether oxygens (including phenoxy) is 1. The molecule has 148 valence electrons. The van der Waals surface area contributed by atoms with Gasteiger partial charge in [0.2, 0.25) is 0 Å². The Balaban J connectivity index is 1.39. The van der Waals surface area contributed by atoms with Crippen molar-refractivity contribution in [1.29, 1.82) is 0 Å². The van der Waals surface area contributed by atoms with Crippen molar-refractivity contribution in [3.63, 3.8) is 0 Å². The molecule has 0 aliphatic carbocycles. The van der Waals surface area contributed by atoms with Gasteiger partial charge in [-0.05, 0) is 24.1 Å². The van der Waals surface area contributed by atoms with Crippen LogP contribution in [0.4, 0.5) is 13.2 Å². The molecule has 1 aromatic heterocycles. The average molecular weight is 391 g/mol. The fraction of sp³-hybridized carbons (Fsp3) is 0.400. The molecule has 4 rings (SSSR count). The Kier molecular flexibility index (Phi) is 4.74. The number of hydrogen-bond donors (Lipinski definition) is 0. The molecule has 5 nitrogen and oxygen atoms in total. The van der Waals surface area contributed by atoms with Gasteiger partial charge < -0.3 is 9.64 Å². The number of carbonyl (C=O) groups is 1. The minimum atomic E-state index is -4.47. The number of pyridine rings is 1. The maximum absolute atomic E-state index is 12.7. The fourth-order valence-electron chi connectivity index (χ4n) is 3.78. The summed E-state index contributed by atoms with van der Waals surface area (Å²) in [5, 5.41) is 0. The summed E-state index contributed by atoms with van der Waals surface area (Å²) in [4.78, 5) is 20.7. The van der Waals surface area contributed by atoms with Gasteiger partial charge in [0.05, 0.1) is 5.54 Å². The highest BCUT2D eigenvalue weighted by Crippen LogP contribution is 2.41. The van der Waals surface area contributed by atoms with Gasteiger partial charge >= 0.3 is 6.18 Å². The number of halogens is 3. The third kappa shape index (κ3) is 3.69. The van der Waals surface area contributed by atoms with Gasteiger partial charge in [0, 0.05) is 32.4 Å². The summed E-state index contributed by atoms with van der Waals surface area (Å²) in [6, 6.07) is 12.9. The fourth-order valence-corrected chi connectivity index (χ4v) is 3.78. The second-order valence-corrected chi connectivity index (χ2v) is 7.30. The lowest BCUT2D eigenvalue weighted by molar-refractivity contribution is -0.153. The molecule has 8 heteroatoms. The summed E-state index contributed by atoms with van der Waals surface area (Å²) in [6.07, 6.45) is -2.08. The maximum atomic E-state index is 12.7. The van der Waals surface area contributed by atoms with E-state index >= 15 is 0 Å². The molecule has 0 unspecified atom stereocenters. The van der Waals surface area contributed by atoms with Gasteiger partial charge in [-0.3, -0.25) is 9.69 Å². The molecule has 0 bridgehead atoms. The van der Waals surface area contributed by atoms with Crippen LogP contribution in [0.25, 0.3) is 0 Å². The second kappa shape index (κ2) is 7.09. The molecule has 2 aromatic rings. The number of hydrogen-bond acceptors (Lipinski definition) is 4. The van der Waals surface area contributed by atoms with Crippen LogP contribution >= 0.6 is 0 Å². The zero-order chi connectivity index (χ0) is 19.8. The first-order valence-electron chi connectivity index (χ1n) is 9.09. The van der Waals surface area contributed by atoms with Gasteiger partial charge in [0.1, 0.15) is 0 Å². The van der Waals surface area contributed by atoms with Crippen LogP contribution in [-0.4, -0.2) is 58.6 Å². The Hall–Kier alpha value is -2.61. The molecule has 2 aliphatic heterocycles. The van der Waals surface area contributed by atoms with Crippen LogP contribution in [0.3, 0.4) is 0 Å². The van der Waals surface area contributed by atoms with Crippen molar-refractivity contribution >= 4 is 5.91 Å². The van der Waals surface area contributed by atoms with Crippen molar-refractivity contribution in [1.82, 2.24) is 14.8 Å². The van der Waals surface area contributed by atoms with Gasteiger partial charge in [-0.25, -0.2) is 4.98 Å². The second-order valence-electron chi connectivity index (χ2n) is 7.30. The normalized spacial score (nSPS) is 18.5. The quantitative estimate of drug-likeness (QED) is 0.786. The lowest BCUT2D eigenvalue weighted by Gasteiger charge is -2.62. The topological polar surface area (TPSA) is 45.7 Å². The van der Waals surface area contributed by atoms with Crippen LogP contribution < -0.4 is 4.74 Å². The van der Waals surface area contributed by atoms with E-state index in [9.17, 15) is 18.0 Å². The maximum Gasteiger partial charge on any atom is 0.422 e. The lowest BCUT2D eigenvalue weighted by atomic mass is 9.77. The first-order chi connectivity index (χ1) is 13.4. The smallest absolute Gasteiger partial charge is 0.422 e. The van der Waals surface area contributed by atoms with Crippen molar-refractivity contribution in [3.05, 3.63) is 59.9 Å². The van der Waals surface area contributed by atoms with E-state index in [1.54, 1.807) is 4.90 Å². The minimum Gasteiger partial charge on any atom is -0.482 e. The third-order valence-electron chi connectivity index (χ3n) is 5.36. The van der Waals surface area contributed by atoms with Crippen molar-refractivity contribution < 1.29 is 22.7 Å². The number of alkyl halides is 3. The van der Waals surface area contributed by atoms with Crippen LogP contribution in [-0.2, 0) is 6.54 Å². The van der Waals surface area contributed by atoms with E-state index < -0.39 is 18.7 Å². The number of amides is 1. The number of carbonyl (C=O) groups excluding carboxylic acids is 1. The minimum absolute atomic E-state index is 0.0345. The largest absolute Gasteiger partial charge is 0.482 e. The summed E-state index contributed by atoms with van der Waals surface area (Å²) < 4.78 is 42.1. The molecule has 0 N–H and O–H groups in total. The third-order valence-corrected chi connectivity index (χ3v) is 5.36. The number of aromatic nitrogens is 1. The summed E-state index contributed by atoms with van der Waals surface area (Å²) >= 11 is 0. The van der Waals surface area contributed by atoms with Gasteiger partial charge in [0.15, 0.2) is 18.1 Å². The monoisotopic (exact) mass is 391 g/mol. The van der Waals surface area contributed by atoms with E-state index in [1.165, 1.54) is 23.9 Å².